The summed E-state index contributed by atoms with van der Waals surface area (Å²) in [6.07, 6.45) is 0. The zero-order valence-electron chi connectivity index (χ0n) is 9.91. The van der Waals surface area contributed by atoms with Crippen LogP contribution in [0, 0.1) is 6.92 Å². The van der Waals surface area contributed by atoms with E-state index in [-0.39, 0.29) is 5.56 Å². The molecule has 2 heterocycles. The fourth-order valence-corrected chi connectivity index (χ4v) is 3.08. The van der Waals surface area contributed by atoms with Crippen LogP contribution in [0.3, 0.4) is 0 Å². The van der Waals surface area contributed by atoms with E-state index < -0.39 is 5.69 Å². The zero-order chi connectivity index (χ0) is 13.6. The van der Waals surface area contributed by atoms with E-state index >= 15 is 0 Å². The van der Waals surface area contributed by atoms with Gasteiger partial charge in [0, 0.05) is 16.0 Å². The molecule has 2 N–H and O–H groups in total. The summed E-state index contributed by atoms with van der Waals surface area (Å²) in [5, 5.41) is 3.05. The van der Waals surface area contributed by atoms with Crippen LogP contribution in [-0.2, 0) is 0 Å². The quantitative estimate of drug-likeness (QED) is 0.724. The predicted octanol–water partition coefficient (Wildman–Crippen LogP) is 2.91. The normalized spacial score (nSPS) is 11.1. The van der Waals surface area contributed by atoms with Gasteiger partial charge in [0.2, 0.25) is 0 Å². The van der Waals surface area contributed by atoms with Gasteiger partial charge in [-0.1, -0.05) is 17.7 Å². The monoisotopic (exact) mass is 292 g/mol. The van der Waals surface area contributed by atoms with E-state index in [0.717, 1.165) is 16.7 Å². The van der Waals surface area contributed by atoms with Crippen molar-refractivity contribution in [3.63, 3.8) is 0 Å². The molecule has 0 bridgehead atoms. The van der Waals surface area contributed by atoms with Crippen LogP contribution < -0.4 is 11.2 Å². The van der Waals surface area contributed by atoms with Gasteiger partial charge in [0.05, 0.1) is 5.39 Å². The Hall–Kier alpha value is -1.85. The predicted molar refractivity (Wildman–Crippen MR) is 78.2 cm³/mol. The second-order valence-electron chi connectivity index (χ2n) is 4.23. The molecule has 0 spiro atoms. The number of aromatic nitrogens is 2. The van der Waals surface area contributed by atoms with Crippen LogP contribution in [0.25, 0.3) is 21.3 Å². The molecule has 3 aromatic rings. The zero-order valence-corrected chi connectivity index (χ0v) is 11.5. The van der Waals surface area contributed by atoms with Gasteiger partial charge < -0.3 is 0 Å². The number of halogens is 1. The minimum absolute atomic E-state index is 0.373. The van der Waals surface area contributed by atoms with Crippen LogP contribution in [-0.4, -0.2) is 9.97 Å². The number of hydrogen-bond donors (Lipinski definition) is 2. The highest BCUT2D eigenvalue weighted by Crippen LogP contribution is 2.31. The smallest absolute Gasteiger partial charge is 0.298 e. The summed E-state index contributed by atoms with van der Waals surface area (Å²) in [6, 6.07) is 5.59. The van der Waals surface area contributed by atoms with Gasteiger partial charge in [-0.25, -0.2) is 4.79 Å². The molecule has 4 nitrogen and oxygen atoms in total. The average Bonchev–Trinajstić information content (AvgIpc) is 2.76. The Morgan fingerprint density at radius 3 is 2.74 bits per heavy atom. The maximum atomic E-state index is 11.9. The Morgan fingerprint density at radius 2 is 2.00 bits per heavy atom. The van der Waals surface area contributed by atoms with Gasteiger partial charge in [0.15, 0.2) is 0 Å². The van der Waals surface area contributed by atoms with Gasteiger partial charge in [-0.2, -0.15) is 0 Å². The molecule has 19 heavy (non-hydrogen) atoms. The van der Waals surface area contributed by atoms with Crippen LogP contribution in [0.15, 0.2) is 33.2 Å². The molecule has 0 fully saturated rings. The number of nitrogens with one attached hydrogen (secondary N) is 2. The van der Waals surface area contributed by atoms with Gasteiger partial charge in [-0.15, -0.1) is 11.3 Å². The molecule has 0 aliphatic rings. The van der Waals surface area contributed by atoms with Crippen molar-refractivity contribution in [2.75, 3.05) is 0 Å². The van der Waals surface area contributed by atoms with E-state index in [1.807, 2.05) is 24.4 Å². The number of aromatic amines is 2. The molecule has 0 amide bonds. The molecule has 1 aromatic carbocycles. The van der Waals surface area contributed by atoms with Gasteiger partial charge >= 0.3 is 5.69 Å². The van der Waals surface area contributed by atoms with Crippen molar-refractivity contribution in [3.05, 3.63) is 55.0 Å². The minimum Gasteiger partial charge on any atom is -0.298 e. The third-order valence-electron chi connectivity index (χ3n) is 2.94. The van der Waals surface area contributed by atoms with Gasteiger partial charge in [-0.05, 0) is 30.2 Å². The van der Waals surface area contributed by atoms with E-state index in [1.54, 1.807) is 6.07 Å². The van der Waals surface area contributed by atoms with Gasteiger partial charge in [-0.3, -0.25) is 14.8 Å². The molecule has 0 aliphatic heterocycles. The first-order chi connectivity index (χ1) is 9.06. The summed E-state index contributed by atoms with van der Waals surface area (Å²) in [4.78, 5) is 28.6. The Morgan fingerprint density at radius 1 is 1.21 bits per heavy atom. The Kier molecular flexibility index (Phi) is 2.80. The lowest BCUT2D eigenvalue weighted by atomic mass is 10.0. The van der Waals surface area contributed by atoms with E-state index in [9.17, 15) is 9.59 Å². The maximum Gasteiger partial charge on any atom is 0.326 e. The summed E-state index contributed by atoms with van der Waals surface area (Å²) in [5.74, 6) is 0. The number of rotatable bonds is 1. The SMILES string of the molecule is Cc1cc(-c2csc3[nH]c(=O)[nH]c(=O)c23)ccc1Cl. The summed E-state index contributed by atoms with van der Waals surface area (Å²) in [7, 11) is 0. The lowest BCUT2D eigenvalue weighted by Crippen LogP contribution is -2.21. The fourth-order valence-electron chi connectivity index (χ4n) is 2.00. The standard InChI is InChI=1S/C13H9ClN2O2S/c1-6-4-7(2-3-9(6)14)8-5-19-12-10(8)11(17)15-13(18)16-12/h2-5H,1H3,(H2,15,16,17,18). The van der Waals surface area contributed by atoms with Crippen molar-refractivity contribution in [2.24, 2.45) is 0 Å². The second kappa shape index (κ2) is 4.36. The molecule has 0 atom stereocenters. The maximum absolute atomic E-state index is 11.9. The number of aryl methyl sites for hydroxylation is 1. The summed E-state index contributed by atoms with van der Waals surface area (Å²) < 4.78 is 0. The number of hydrogen-bond acceptors (Lipinski definition) is 3. The van der Waals surface area contributed by atoms with Crippen molar-refractivity contribution < 1.29 is 0 Å². The second-order valence-corrected chi connectivity index (χ2v) is 5.51. The molecule has 0 unspecified atom stereocenters. The fraction of sp³-hybridized carbons (Fsp3) is 0.0769. The van der Waals surface area contributed by atoms with Crippen LogP contribution in [0.1, 0.15) is 5.56 Å². The largest absolute Gasteiger partial charge is 0.326 e. The van der Waals surface area contributed by atoms with Crippen molar-refractivity contribution in [1.82, 2.24) is 9.97 Å². The Bertz CT molecular complexity index is 892. The molecule has 96 valence electrons. The third kappa shape index (κ3) is 2.01. The lowest BCUT2D eigenvalue weighted by molar-refractivity contribution is 1.09. The first-order valence-electron chi connectivity index (χ1n) is 5.56. The van der Waals surface area contributed by atoms with Crippen molar-refractivity contribution in [1.29, 1.82) is 0 Å². The molecule has 3 rings (SSSR count). The summed E-state index contributed by atoms with van der Waals surface area (Å²) >= 11 is 7.34. The Balaban J connectivity index is 2.34. The topological polar surface area (TPSA) is 65.7 Å². The van der Waals surface area contributed by atoms with Crippen LogP contribution >= 0.6 is 22.9 Å². The number of benzene rings is 1. The molecule has 0 saturated heterocycles. The highest BCUT2D eigenvalue weighted by molar-refractivity contribution is 7.17. The van der Waals surface area contributed by atoms with Crippen LogP contribution in [0.4, 0.5) is 0 Å². The highest BCUT2D eigenvalue weighted by atomic mass is 35.5. The van der Waals surface area contributed by atoms with Crippen LogP contribution in [0.5, 0.6) is 0 Å². The molecule has 0 saturated carbocycles. The van der Waals surface area contributed by atoms with Crippen LogP contribution in [0.2, 0.25) is 5.02 Å². The number of fused-ring (bicyclic) bond motifs is 1. The first kappa shape index (κ1) is 12.2. The molecule has 2 aromatic heterocycles. The highest BCUT2D eigenvalue weighted by Gasteiger charge is 2.11. The number of thiophene rings is 1. The molecule has 0 radical (unpaired) electrons. The van der Waals surface area contributed by atoms with Crippen molar-refractivity contribution >= 4 is 33.2 Å². The van der Waals surface area contributed by atoms with Crippen molar-refractivity contribution in [3.8, 4) is 11.1 Å². The lowest BCUT2D eigenvalue weighted by Gasteiger charge is -2.02. The first-order valence-corrected chi connectivity index (χ1v) is 6.82. The van der Waals surface area contributed by atoms with Gasteiger partial charge in [0.1, 0.15) is 4.83 Å². The molecule has 6 heteroatoms. The Labute approximate surface area is 116 Å². The summed E-state index contributed by atoms with van der Waals surface area (Å²) in [6.45, 7) is 1.91. The van der Waals surface area contributed by atoms with E-state index in [1.165, 1.54) is 11.3 Å². The van der Waals surface area contributed by atoms with E-state index in [0.29, 0.717) is 15.2 Å². The third-order valence-corrected chi connectivity index (χ3v) is 4.26. The van der Waals surface area contributed by atoms with Crippen molar-refractivity contribution in [2.45, 2.75) is 6.92 Å². The number of H-pyrrole nitrogens is 2. The van der Waals surface area contributed by atoms with E-state index in [4.69, 9.17) is 11.6 Å². The minimum atomic E-state index is -0.488. The molecular formula is C13H9ClN2O2S. The van der Waals surface area contributed by atoms with Gasteiger partial charge in [0.25, 0.3) is 5.56 Å². The average molecular weight is 293 g/mol. The van der Waals surface area contributed by atoms with E-state index in [2.05, 4.69) is 9.97 Å². The molecular weight excluding hydrogens is 284 g/mol. The molecule has 0 aliphatic carbocycles. The summed E-state index contributed by atoms with van der Waals surface area (Å²) in [5.41, 5.74) is 1.79.